The number of hydrogen-bond donors (Lipinski definition) is 1. The molecular weight excluding hydrogens is 332 g/mol. The fourth-order valence-corrected chi connectivity index (χ4v) is 3.33. The van der Waals surface area contributed by atoms with Crippen LogP contribution in [-0.4, -0.2) is 31.5 Å². The second-order valence-electron chi connectivity index (χ2n) is 5.62. The maximum absolute atomic E-state index is 12.9. The number of amides is 1. The highest BCUT2D eigenvalue weighted by atomic mass is 32.2. The van der Waals surface area contributed by atoms with E-state index in [0.29, 0.717) is 12.3 Å². The lowest BCUT2D eigenvalue weighted by Crippen LogP contribution is -2.34. The molecule has 0 aliphatic rings. The monoisotopic (exact) mass is 352 g/mol. The van der Waals surface area contributed by atoms with Crippen molar-refractivity contribution in [2.45, 2.75) is 24.4 Å². The second kappa shape index (κ2) is 8.48. The lowest BCUT2D eigenvalue weighted by atomic mass is 10.1. The normalized spacial score (nSPS) is 11.9. The van der Waals surface area contributed by atoms with E-state index >= 15 is 0 Å². The highest BCUT2D eigenvalue weighted by Gasteiger charge is 2.22. The smallest absolute Gasteiger partial charge is 0.233 e. The van der Waals surface area contributed by atoms with Crippen molar-refractivity contribution in [1.82, 2.24) is 19.9 Å². The van der Waals surface area contributed by atoms with E-state index in [-0.39, 0.29) is 11.9 Å². The van der Waals surface area contributed by atoms with Crippen LogP contribution in [0.5, 0.6) is 0 Å². The molecule has 0 spiro atoms. The molecule has 25 heavy (non-hydrogen) atoms. The number of aromatic amines is 1. The summed E-state index contributed by atoms with van der Waals surface area (Å²) in [6.07, 6.45) is 6.95. The molecule has 0 saturated carbocycles. The van der Waals surface area contributed by atoms with Gasteiger partial charge in [0.15, 0.2) is 0 Å². The number of carbonyl (C=O) groups is 1. The molecule has 0 radical (unpaired) electrons. The number of hydrogen-bond acceptors (Lipinski definition) is 4. The van der Waals surface area contributed by atoms with E-state index in [2.05, 4.69) is 15.0 Å². The summed E-state index contributed by atoms with van der Waals surface area (Å²) in [6, 6.07) is 13.8. The van der Waals surface area contributed by atoms with E-state index in [1.54, 1.807) is 24.8 Å². The van der Waals surface area contributed by atoms with Gasteiger partial charge < -0.3 is 9.88 Å². The number of thioether (sulfide) groups is 1. The summed E-state index contributed by atoms with van der Waals surface area (Å²) in [6.45, 7) is 2.51. The number of nitrogens with zero attached hydrogens (tertiary/aromatic N) is 3. The number of nitrogens with one attached hydrogen (secondary N) is 1. The van der Waals surface area contributed by atoms with Gasteiger partial charge in [0.2, 0.25) is 5.91 Å². The number of benzene rings is 1. The van der Waals surface area contributed by atoms with Crippen LogP contribution in [0.1, 0.15) is 24.4 Å². The Morgan fingerprint density at radius 2 is 1.92 bits per heavy atom. The molecule has 0 fully saturated rings. The SMILES string of the molecule is C[C@H](c1ccccc1)N(Cc1ncc[nH]1)C(=O)CSc1ccncc1. The summed E-state index contributed by atoms with van der Waals surface area (Å²) in [5.41, 5.74) is 1.11. The molecule has 5 nitrogen and oxygen atoms in total. The number of rotatable bonds is 7. The molecule has 0 aliphatic heterocycles. The zero-order valence-electron chi connectivity index (χ0n) is 14.0. The minimum Gasteiger partial charge on any atom is -0.347 e. The van der Waals surface area contributed by atoms with Gasteiger partial charge in [-0.15, -0.1) is 11.8 Å². The van der Waals surface area contributed by atoms with E-state index in [1.165, 1.54) is 11.8 Å². The van der Waals surface area contributed by atoms with Crippen molar-refractivity contribution in [3.63, 3.8) is 0 Å². The van der Waals surface area contributed by atoms with E-state index in [0.717, 1.165) is 16.3 Å². The minimum atomic E-state index is -0.0307. The second-order valence-corrected chi connectivity index (χ2v) is 6.66. The van der Waals surface area contributed by atoms with Gasteiger partial charge in [0.25, 0.3) is 0 Å². The zero-order valence-corrected chi connectivity index (χ0v) is 14.8. The molecule has 0 saturated heterocycles. The van der Waals surface area contributed by atoms with Crippen molar-refractivity contribution in [1.29, 1.82) is 0 Å². The number of aromatic nitrogens is 3. The van der Waals surface area contributed by atoms with E-state index in [1.807, 2.05) is 54.3 Å². The van der Waals surface area contributed by atoms with Crippen molar-refractivity contribution < 1.29 is 4.79 Å². The Kier molecular flexibility index (Phi) is 5.85. The predicted molar refractivity (Wildman–Crippen MR) is 99.0 cm³/mol. The van der Waals surface area contributed by atoms with Gasteiger partial charge in [0.05, 0.1) is 18.3 Å². The van der Waals surface area contributed by atoms with E-state index in [9.17, 15) is 4.79 Å². The van der Waals surface area contributed by atoms with Crippen LogP contribution < -0.4 is 0 Å². The number of H-pyrrole nitrogens is 1. The Hall–Kier alpha value is -2.60. The summed E-state index contributed by atoms with van der Waals surface area (Å²) in [7, 11) is 0. The van der Waals surface area contributed by atoms with Crippen LogP contribution in [-0.2, 0) is 11.3 Å². The topological polar surface area (TPSA) is 61.9 Å². The standard InChI is InChI=1S/C19H20N4OS/c1-15(16-5-3-2-4-6-16)23(13-18-21-11-12-22-18)19(24)14-25-17-7-9-20-10-8-17/h2-12,15H,13-14H2,1H3,(H,21,22)/t15-/m1/s1. The molecule has 1 atom stereocenters. The molecule has 0 bridgehead atoms. The maximum Gasteiger partial charge on any atom is 0.233 e. The molecule has 6 heteroatoms. The number of imidazole rings is 1. The van der Waals surface area contributed by atoms with Crippen LogP contribution in [0.25, 0.3) is 0 Å². The number of pyridine rings is 1. The molecule has 128 valence electrons. The fraction of sp³-hybridized carbons (Fsp3) is 0.211. The van der Waals surface area contributed by atoms with Crippen LogP contribution in [0, 0.1) is 0 Å². The molecule has 3 aromatic rings. The predicted octanol–water partition coefficient (Wildman–Crippen LogP) is 3.69. The fourth-order valence-electron chi connectivity index (χ4n) is 2.56. The maximum atomic E-state index is 12.9. The quantitative estimate of drug-likeness (QED) is 0.659. The van der Waals surface area contributed by atoms with Gasteiger partial charge in [-0.25, -0.2) is 4.98 Å². The largest absolute Gasteiger partial charge is 0.347 e. The molecule has 3 rings (SSSR count). The lowest BCUT2D eigenvalue weighted by Gasteiger charge is -2.29. The molecule has 1 amide bonds. The Morgan fingerprint density at radius 1 is 1.16 bits per heavy atom. The highest BCUT2D eigenvalue weighted by Crippen LogP contribution is 2.24. The van der Waals surface area contributed by atoms with Crippen LogP contribution in [0.3, 0.4) is 0 Å². The highest BCUT2D eigenvalue weighted by molar-refractivity contribution is 8.00. The van der Waals surface area contributed by atoms with Crippen molar-refractivity contribution in [2.24, 2.45) is 0 Å². The molecule has 2 heterocycles. The van der Waals surface area contributed by atoms with E-state index < -0.39 is 0 Å². The van der Waals surface area contributed by atoms with Crippen molar-refractivity contribution in [3.8, 4) is 0 Å². The first kappa shape index (κ1) is 17.2. The minimum absolute atomic E-state index is 0.0307. The Bertz CT molecular complexity index is 778. The molecule has 1 aromatic carbocycles. The molecule has 0 aliphatic carbocycles. The van der Waals surface area contributed by atoms with Crippen molar-refractivity contribution in [2.75, 3.05) is 5.75 Å². The average Bonchev–Trinajstić information content (AvgIpc) is 3.18. The van der Waals surface area contributed by atoms with Crippen molar-refractivity contribution >= 4 is 17.7 Å². The molecule has 0 unspecified atom stereocenters. The molecule has 2 aromatic heterocycles. The first-order valence-electron chi connectivity index (χ1n) is 8.09. The molecular formula is C19H20N4OS. The zero-order chi connectivity index (χ0) is 17.5. The van der Waals surface area contributed by atoms with Gasteiger partial charge in [-0.1, -0.05) is 30.3 Å². The van der Waals surface area contributed by atoms with Crippen LogP contribution in [0.4, 0.5) is 0 Å². The van der Waals surface area contributed by atoms with Crippen molar-refractivity contribution in [3.05, 3.63) is 78.6 Å². The first-order chi connectivity index (χ1) is 12.2. The van der Waals surface area contributed by atoms with Gasteiger partial charge in [0.1, 0.15) is 5.82 Å². The summed E-state index contributed by atoms with van der Waals surface area (Å²) in [5, 5.41) is 0. The lowest BCUT2D eigenvalue weighted by molar-refractivity contribution is -0.131. The van der Waals surface area contributed by atoms with Gasteiger partial charge in [-0.05, 0) is 24.6 Å². The van der Waals surface area contributed by atoms with Crippen LogP contribution >= 0.6 is 11.8 Å². The van der Waals surface area contributed by atoms with Crippen LogP contribution in [0.15, 0.2) is 72.1 Å². The van der Waals surface area contributed by atoms with Gasteiger partial charge in [0, 0.05) is 29.7 Å². The Labute approximate surface area is 151 Å². The van der Waals surface area contributed by atoms with Crippen LogP contribution in [0.2, 0.25) is 0 Å². The summed E-state index contributed by atoms with van der Waals surface area (Å²) in [4.78, 5) is 27.2. The summed E-state index contributed by atoms with van der Waals surface area (Å²) < 4.78 is 0. The third-order valence-electron chi connectivity index (χ3n) is 3.96. The molecule has 1 N–H and O–H groups in total. The van der Waals surface area contributed by atoms with E-state index in [4.69, 9.17) is 0 Å². The Balaban J connectivity index is 1.74. The Morgan fingerprint density at radius 3 is 2.60 bits per heavy atom. The van der Waals surface area contributed by atoms with Gasteiger partial charge in [-0.2, -0.15) is 0 Å². The summed E-state index contributed by atoms with van der Waals surface area (Å²) >= 11 is 1.52. The van der Waals surface area contributed by atoms with Gasteiger partial charge in [-0.3, -0.25) is 9.78 Å². The summed E-state index contributed by atoms with van der Waals surface area (Å²) in [5.74, 6) is 1.24. The third-order valence-corrected chi connectivity index (χ3v) is 4.95. The average molecular weight is 352 g/mol. The number of carbonyl (C=O) groups excluding carboxylic acids is 1. The third kappa shape index (κ3) is 4.70. The first-order valence-corrected chi connectivity index (χ1v) is 9.08. The van der Waals surface area contributed by atoms with Gasteiger partial charge >= 0.3 is 0 Å².